The minimum Gasteiger partial charge on any atom is -0.480 e. The summed E-state index contributed by atoms with van der Waals surface area (Å²) >= 11 is 0. The van der Waals surface area contributed by atoms with Crippen molar-refractivity contribution in [3.8, 4) is 0 Å². The van der Waals surface area contributed by atoms with Crippen molar-refractivity contribution in [3.05, 3.63) is 35.6 Å². The van der Waals surface area contributed by atoms with Gasteiger partial charge in [0, 0.05) is 6.04 Å². The van der Waals surface area contributed by atoms with Gasteiger partial charge >= 0.3 is 5.97 Å². The van der Waals surface area contributed by atoms with Crippen LogP contribution in [0.25, 0.3) is 0 Å². The van der Waals surface area contributed by atoms with Gasteiger partial charge in [-0.1, -0.05) is 37.8 Å². The third-order valence-electron chi connectivity index (χ3n) is 3.97. The first kappa shape index (κ1) is 24.2. The highest BCUT2D eigenvalue weighted by Crippen LogP contribution is 2.14. The average molecular weight is 369 g/mol. The van der Waals surface area contributed by atoms with Gasteiger partial charge in [-0.2, -0.15) is 0 Å². The number of carbonyl (C=O) groups excluding carboxylic acids is 1. The predicted molar refractivity (Wildman–Crippen MR) is 101 cm³/mol. The third kappa shape index (κ3) is 12.5. The van der Waals surface area contributed by atoms with E-state index < -0.39 is 17.8 Å². The molecule has 1 aliphatic rings. The lowest BCUT2D eigenvalue weighted by molar-refractivity contribution is -0.138. The van der Waals surface area contributed by atoms with Gasteiger partial charge in [-0.05, 0) is 44.4 Å². The van der Waals surface area contributed by atoms with Gasteiger partial charge in [-0.3, -0.25) is 9.59 Å². The highest BCUT2D eigenvalue weighted by atomic mass is 19.1. The van der Waals surface area contributed by atoms with Crippen molar-refractivity contribution >= 4 is 12.3 Å². The molecule has 1 atom stereocenters. The third-order valence-corrected chi connectivity index (χ3v) is 3.97. The minimum atomic E-state index is -0.933. The normalized spacial score (nSPS) is 14.9. The summed E-state index contributed by atoms with van der Waals surface area (Å²) in [5.41, 5.74) is 16.2. The van der Waals surface area contributed by atoms with Crippen molar-refractivity contribution in [2.75, 3.05) is 6.54 Å². The summed E-state index contributed by atoms with van der Waals surface area (Å²) in [6, 6.07) is 5.67. The number of aliphatic carboxylic acids is 1. The van der Waals surface area contributed by atoms with E-state index in [1.54, 1.807) is 12.1 Å². The lowest BCUT2D eigenvalue weighted by atomic mass is 9.97. The molecular weight excluding hydrogens is 337 g/mol. The second kappa shape index (κ2) is 15.4. The Morgan fingerprint density at radius 3 is 2.23 bits per heavy atom. The Balaban J connectivity index is 0.000000365. The summed E-state index contributed by atoms with van der Waals surface area (Å²) in [7, 11) is 0. The number of aldehydes is 1. The number of unbranched alkanes of at least 4 members (excludes halogenated alkanes) is 1. The Kier molecular flexibility index (Phi) is 14.3. The van der Waals surface area contributed by atoms with Crippen LogP contribution in [-0.2, 0) is 4.79 Å². The van der Waals surface area contributed by atoms with Crippen molar-refractivity contribution in [1.29, 1.82) is 0 Å². The van der Waals surface area contributed by atoms with E-state index >= 15 is 0 Å². The number of carbonyl (C=O) groups is 2. The van der Waals surface area contributed by atoms with Gasteiger partial charge in [0.05, 0.1) is 5.56 Å². The quantitative estimate of drug-likeness (QED) is 0.450. The Labute approximate surface area is 154 Å². The van der Waals surface area contributed by atoms with Crippen molar-refractivity contribution in [1.82, 2.24) is 0 Å². The zero-order valence-corrected chi connectivity index (χ0v) is 15.3. The lowest BCUT2D eigenvalue weighted by Gasteiger charge is -2.15. The molecule has 0 aromatic heterocycles. The Bertz CT molecular complexity index is 509. The molecule has 1 saturated carbocycles. The molecule has 0 bridgehead atoms. The number of rotatable bonds is 6. The molecule has 6 nitrogen and oxygen atoms in total. The molecule has 7 heteroatoms. The summed E-state index contributed by atoms with van der Waals surface area (Å²) in [4.78, 5) is 20.1. The number of hydrogen-bond donors (Lipinski definition) is 4. The minimum absolute atomic E-state index is 0.109. The SMILES string of the molecule is NC1CCCCC1.NCCCCC(N)C(=O)O.O=Cc1ccccc1F. The molecule has 26 heavy (non-hydrogen) atoms. The van der Waals surface area contributed by atoms with Crippen LogP contribution in [-0.4, -0.2) is 36.0 Å². The van der Waals surface area contributed by atoms with E-state index in [-0.39, 0.29) is 5.56 Å². The number of nitrogens with two attached hydrogens (primary N) is 3. The smallest absolute Gasteiger partial charge is 0.320 e. The largest absolute Gasteiger partial charge is 0.480 e. The molecule has 0 radical (unpaired) electrons. The van der Waals surface area contributed by atoms with Crippen LogP contribution in [0.1, 0.15) is 61.7 Å². The number of halogens is 1. The second-order valence-corrected chi connectivity index (χ2v) is 6.27. The lowest BCUT2D eigenvalue weighted by Crippen LogP contribution is -2.29. The highest BCUT2D eigenvalue weighted by molar-refractivity contribution is 5.74. The van der Waals surface area contributed by atoms with Crippen LogP contribution in [0.5, 0.6) is 0 Å². The fourth-order valence-electron chi connectivity index (χ4n) is 2.34. The first-order valence-electron chi connectivity index (χ1n) is 9.06. The van der Waals surface area contributed by atoms with Crippen molar-refractivity contribution < 1.29 is 19.1 Å². The summed E-state index contributed by atoms with van der Waals surface area (Å²) < 4.78 is 12.4. The topological polar surface area (TPSA) is 132 Å². The van der Waals surface area contributed by atoms with Crippen LogP contribution in [0.15, 0.2) is 24.3 Å². The van der Waals surface area contributed by atoms with Gasteiger partial charge in [0.25, 0.3) is 0 Å². The summed E-state index contributed by atoms with van der Waals surface area (Å²) in [5, 5.41) is 8.33. The van der Waals surface area contributed by atoms with E-state index in [0.29, 0.717) is 25.3 Å². The zero-order chi connectivity index (χ0) is 19.8. The van der Waals surface area contributed by atoms with Crippen molar-refractivity contribution in [2.24, 2.45) is 17.2 Å². The highest BCUT2D eigenvalue weighted by Gasteiger charge is 2.09. The maximum absolute atomic E-state index is 12.4. The standard InChI is InChI=1S/C7H5FO.C6H14N2O2.C6H13N/c8-7-4-2-1-3-6(7)5-9;7-4-2-1-3-5(8)6(9)10;7-6-4-2-1-3-5-6/h1-5H;5H,1-4,7-8H2,(H,9,10);6H,1-5,7H2. The van der Waals surface area contributed by atoms with E-state index in [1.807, 2.05) is 0 Å². The molecule has 0 saturated heterocycles. The molecule has 0 amide bonds. The van der Waals surface area contributed by atoms with Gasteiger partial charge in [0.2, 0.25) is 0 Å². The molecule has 148 valence electrons. The van der Waals surface area contributed by atoms with E-state index in [9.17, 15) is 14.0 Å². The van der Waals surface area contributed by atoms with Crippen LogP contribution in [0.4, 0.5) is 4.39 Å². The molecule has 7 N–H and O–H groups in total. The molecule has 1 aliphatic carbocycles. The van der Waals surface area contributed by atoms with Gasteiger partial charge in [-0.25, -0.2) is 4.39 Å². The van der Waals surface area contributed by atoms with E-state index in [1.165, 1.54) is 44.2 Å². The molecule has 0 heterocycles. The van der Waals surface area contributed by atoms with E-state index in [2.05, 4.69) is 0 Å². The molecule has 1 unspecified atom stereocenters. The van der Waals surface area contributed by atoms with Gasteiger partial charge in [0.1, 0.15) is 11.9 Å². The fourth-order valence-corrected chi connectivity index (χ4v) is 2.34. The van der Waals surface area contributed by atoms with Gasteiger partial charge in [0.15, 0.2) is 6.29 Å². The molecular formula is C19H32FN3O3. The maximum Gasteiger partial charge on any atom is 0.320 e. The van der Waals surface area contributed by atoms with E-state index in [0.717, 1.165) is 12.8 Å². The average Bonchev–Trinajstić information content (AvgIpc) is 2.64. The molecule has 1 aromatic carbocycles. The summed E-state index contributed by atoms with van der Waals surface area (Å²) in [5.74, 6) is -1.40. The van der Waals surface area contributed by atoms with E-state index in [4.69, 9.17) is 22.3 Å². The molecule has 0 aliphatic heterocycles. The molecule has 1 fully saturated rings. The molecule has 0 spiro atoms. The fraction of sp³-hybridized carbons (Fsp3) is 0.579. The van der Waals surface area contributed by atoms with Crippen LogP contribution in [0.3, 0.4) is 0 Å². The van der Waals surface area contributed by atoms with Crippen LogP contribution in [0.2, 0.25) is 0 Å². The number of carboxylic acid groups (broad SMARTS) is 1. The summed E-state index contributed by atoms with van der Waals surface area (Å²) in [6.07, 6.45) is 9.32. The zero-order valence-electron chi connectivity index (χ0n) is 15.3. The maximum atomic E-state index is 12.4. The van der Waals surface area contributed by atoms with Crippen LogP contribution < -0.4 is 17.2 Å². The first-order chi connectivity index (χ1) is 12.4. The first-order valence-corrected chi connectivity index (χ1v) is 9.06. The number of benzene rings is 1. The van der Waals surface area contributed by atoms with Crippen LogP contribution >= 0.6 is 0 Å². The van der Waals surface area contributed by atoms with Crippen LogP contribution in [0, 0.1) is 5.82 Å². The molecule has 2 rings (SSSR count). The monoisotopic (exact) mass is 369 g/mol. The Hall–Kier alpha value is -1.83. The second-order valence-electron chi connectivity index (χ2n) is 6.27. The molecule has 1 aromatic rings. The van der Waals surface area contributed by atoms with Gasteiger partial charge < -0.3 is 22.3 Å². The number of hydrogen-bond acceptors (Lipinski definition) is 5. The Morgan fingerprint density at radius 1 is 1.23 bits per heavy atom. The number of carboxylic acids is 1. The van der Waals surface area contributed by atoms with Crippen molar-refractivity contribution in [2.45, 2.75) is 63.5 Å². The Morgan fingerprint density at radius 2 is 1.85 bits per heavy atom. The predicted octanol–water partition coefficient (Wildman–Crippen LogP) is 2.44. The summed E-state index contributed by atoms with van der Waals surface area (Å²) in [6.45, 7) is 0.604. The van der Waals surface area contributed by atoms with Crippen molar-refractivity contribution in [3.63, 3.8) is 0 Å². The van der Waals surface area contributed by atoms with Gasteiger partial charge in [-0.15, -0.1) is 0 Å².